The van der Waals surface area contributed by atoms with Crippen molar-refractivity contribution in [1.82, 2.24) is 14.7 Å². The lowest BCUT2D eigenvalue weighted by Gasteiger charge is -2.36. The van der Waals surface area contributed by atoms with E-state index in [1.54, 1.807) is 7.11 Å². The molecular weight excluding hydrogens is 384 g/mol. The zero-order chi connectivity index (χ0) is 21.5. The number of methoxy groups -OCH3 is 1. The Morgan fingerprint density at radius 3 is 2.29 bits per heavy atom. The van der Waals surface area contributed by atoms with Gasteiger partial charge < -0.3 is 9.64 Å². The summed E-state index contributed by atoms with van der Waals surface area (Å²) >= 11 is 0. The van der Waals surface area contributed by atoms with Crippen molar-refractivity contribution in [3.63, 3.8) is 0 Å². The van der Waals surface area contributed by atoms with Crippen molar-refractivity contribution >= 4 is 5.69 Å². The van der Waals surface area contributed by atoms with Crippen LogP contribution in [0.3, 0.4) is 0 Å². The number of rotatable bonds is 9. The van der Waals surface area contributed by atoms with E-state index >= 15 is 0 Å². The maximum absolute atomic E-state index is 5.27. The number of hydrogen-bond acceptors (Lipinski definition) is 4. The second-order valence-electron chi connectivity index (χ2n) is 8.25. The normalized spacial score (nSPS) is 14.7. The van der Waals surface area contributed by atoms with Gasteiger partial charge in [-0.3, -0.25) is 4.90 Å². The third kappa shape index (κ3) is 5.47. The van der Waals surface area contributed by atoms with Gasteiger partial charge in [-0.1, -0.05) is 31.5 Å². The van der Waals surface area contributed by atoms with Crippen LogP contribution in [0.4, 0.5) is 5.69 Å². The SMILES string of the molecule is CCCc1cc(CCCN2CCN(c3ccc(OC)cc3)CC2)nn1-c1ccccc1. The van der Waals surface area contributed by atoms with Gasteiger partial charge in [0.2, 0.25) is 0 Å². The van der Waals surface area contributed by atoms with Crippen molar-refractivity contribution in [2.24, 2.45) is 0 Å². The number of hydrogen-bond donors (Lipinski definition) is 0. The van der Waals surface area contributed by atoms with Crippen LogP contribution in [0.25, 0.3) is 5.69 Å². The fourth-order valence-corrected chi connectivity index (χ4v) is 4.33. The number of piperazine rings is 1. The summed E-state index contributed by atoms with van der Waals surface area (Å²) in [5, 5.41) is 4.93. The summed E-state index contributed by atoms with van der Waals surface area (Å²) in [6, 6.07) is 21.2. The van der Waals surface area contributed by atoms with Crippen molar-refractivity contribution < 1.29 is 4.74 Å². The summed E-state index contributed by atoms with van der Waals surface area (Å²) in [4.78, 5) is 5.05. The van der Waals surface area contributed by atoms with E-state index in [-0.39, 0.29) is 0 Å². The monoisotopic (exact) mass is 418 g/mol. The predicted octanol–water partition coefficient (Wildman–Crippen LogP) is 4.59. The summed E-state index contributed by atoms with van der Waals surface area (Å²) in [6.45, 7) is 7.76. The Bertz CT molecular complexity index is 928. The molecule has 0 amide bonds. The Labute approximate surface area is 186 Å². The molecule has 1 saturated heterocycles. The van der Waals surface area contributed by atoms with Gasteiger partial charge in [-0.15, -0.1) is 0 Å². The number of nitrogens with zero attached hydrogens (tertiary/aromatic N) is 4. The number of anilines is 1. The van der Waals surface area contributed by atoms with E-state index < -0.39 is 0 Å². The molecule has 0 radical (unpaired) electrons. The minimum atomic E-state index is 0.916. The predicted molar refractivity (Wildman–Crippen MR) is 128 cm³/mol. The third-order valence-corrected chi connectivity index (χ3v) is 6.06. The molecule has 0 aliphatic carbocycles. The van der Waals surface area contributed by atoms with Crippen LogP contribution >= 0.6 is 0 Å². The van der Waals surface area contributed by atoms with Crippen LogP contribution in [0.15, 0.2) is 60.7 Å². The van der Waals surface area contributed by atoms with Gasteiger partial charge in [0.15, 0.2) is 0 Å². The highest BCUT2D eigenvalue weighted by molar-refractivity contribution is 5.49. The van der Waals surface area contributed by atoms with Crippen molar-refractivity contribution in [3.05, 3.63) is 72.1 Å². The Kier molecular flexibility index (Phi) is 7.26. The maximum atomic E-state index is 5.27. The van der Waals surface area contributed by atoms with E-state index in [1.807, 2.05) is 12.1 Å². The number of ether oxygens (including phenoxy) is 1. The van der Waals surface area contributed by atoms with Crippen molar-refractivity contribution in [1.29, 1.82) is 0 Å². The Balaban J connectivity index is 1.27. The third-order valence-electron chi connectivity index (χ3n) is 6.06. The highest BCUT2D eigenvalue weighted by atomic mass is 16.5. The second kappa shape index (κ2) is 10.5. The van der Waals surface area contributed by atoms with Gasteiger partial charge in [0.05, 0.1) is 18.5 Å². The molecular formula is C26H34N4O. The largest absolute Gasteiger partial charge is 0.497 e. The average Bonchev–Trinajstić information content (AvgIpc) is 3.23. The van der Waals surface area contributed by atoms with Crippen LogP contribution in [-0.4, -0.2) is 54.5 Å². The van der Waals surface area contributed by atoms with Gasteiger partial charge in [-0.25, -0.2) is 4.68 Å². The molecule has 4 rings (SSSR count). The van der Waals surface area contributed by atoms with E-state index in [4.69, 9.17) is 9.84 Å². The van der Waals surface area contributed by atoms with E-state index in [1.165, 1.54) is 17.1 Å². The van der Waals surface area contributed by atoms with Gasteiger partial charge in [0, 0.05) is 37.6 Å². The molecule has 0 atom stereocenters. The zero-order valence-corrected chi connectivity index (χ0v) is 18.8. The molecule has 5 heteroatoms. The van der Waals surface area contributed by atoms with Crippen molar-refractivity contribution in [2.45, 2.75) is 32.6 Å². The standard InChI is InChI=1S/C26H34N4O/c1-3-8-25-21-22(27-30(25)24-10-5-4-6-11-24)9-7-16-28-17-19-29(20-18-28)23-12-14-26(31-2)15-13-23/h4-6,10-15,21H,3,7-9,16-20H2,1-2H3. The van der Waals surface area contributed by atoms with Crippen LogP contribution in [0.5, 0.6) is 5.75 Å². The first-order valence-corrected chi connectivity index (χ1v) is 11.5. The summed E-state index contributed by atoms with van der Waals surface area (Å²) in [6.07, 6.45) is 4.39. The first-order valence-electron chi connectivity index (χ1n) is 11.5. The van der Waals surface area contributed by atoms with E-state index in [0.717, 1.165) is 69.8 Å². The van der Waals surface area contributed by atoms with Crippen molar-refractivity contribution in [3.8, 4) is 11.4 Å². The van der Waals surface area contributed by atoms with Gasteiger partial charge in [-0.05, 0) is 68.3 Å². The molecule has 1 aromatic heterocycles. The fraction of sp³-hybridized carbons (Fsp3) is 0.423. The molecule has 5 nitrogen and oxygen atoms in total. The summed E-state index contributed by atoms with van der Waals surface area (Å²) < 4.78 is 7.40. The van der Waals surface area contributed by atoms with Crippen LogP contribution < -0.4 is 9.64 Å². The highest BCUT2D eigenvalue weighted by Crippen LogP contribution is 2.21. The quantitative estimate of drug-likeness (QED) is 0.509. The van der Waals surface area contributed by atoms with Crippen LogP contribution in [-0.2, 0) is 12.8 Å². The van der Waals surface area contributed by atoms with Gasteiger partial charge in [-0.2, -0.15) is 5.10 Å². The molecule has 0 spiro atoms. The summed E-state index contributed by atoms with van der Waals surface area (Å²) in [5.74, 6) is 0.916. The first kappa shape index (κ1) is 21.4. The molecule has 1 aliphatic rings. The maximum Gasteiger partial charge on any atom is 0.119 e. The zero-order valence-electron chi connectivity index (χ0n) is 18.8. The molecule has 2 aromatic carbocycles. The molecule has 1 aliphatic heterocycles. The molecule has 164 valence electrons. The molecule has 3 aromatic rings. The van der Waals surface area contributed by atoms with E-state index in [2.05, 4.69) is 69.9 Å². The Morgan fingerprint density at radius 2 is 1.61 bits per heavy atom. The van der Waals surface area contributed by atoms with Gasteiger partial charge in [0.25, 0.3) is 0 Å². The minimum Gasteiger partial charge on any atom is -0.497 e. The van der Waals surface area contributed by atoms with E-state index in [9.17, 15) is 0 Å². The van der Waals surface area contributed by atoms with Gasteiger partial charge in [0.1, 0.15) is 5.75 Å². The molecule has 0 N–H and O–H groups in total. The number of aryl methyl sites for hydroxylation is 2. The summed E-state index contributed by atoms with van der Waals surface area (Å²) in [5.41, 5.74) is 4.98. The molecule has 0 bridgehead atoms. The number of para-hydroxylation sites is 1. The van der Waals surface area contributed by atoms with Crippen LogP contribution in [0, 0.1) is 0 Å². The lowest BCUT2D eigenvalue weighted by Crippen LogP contribution is -2.46. The smallest absolute Gasteiger partial charge is 0.119 e. The van der Waals surface area contributed by atoms with Crippen molar-refractivity contribution in [2.75, 3.05) is 44.7 Å². The van der Waals surface area contributed by atoms with Crippen LogP contribution in [0.2, 0.25) is 0 Å². The fourth-order valence-electron chi connectivity index (χ4n) is 4.33. The van der Waals surface area contributed by atoms with E-state index in [0.29, 0.717) is 0 Å². The molecule has 2 heterocycles. The topological polar surface area (TPSA) is 33.5 Å². The molecule has 1 fully saturated rings. The average molecular weight is 419 g/mol. The molecule has 31 heavy (non-hydrogen) atoms. The lowest BCUT2D eigenvalue weighted by atomic mass is 10.1. The number of aromatic nitrogens is 2. The Morgan fingerprint density at radius 1 is 0.871 bits per heavy atom. The Hall–Kier alpha value is -2.79. The lowest BCUT2D eigenvalue weighted by molar-refractivity contribution is 0.255. The van der Waals surface area contributed by atoms with Gasteiger partial charge >= 0.3 is 0 Å². The minimum absolute atomic E-state index is 0.916. The summed E-state index contributed by atoms with van der Waals surface area (Å²) in [7, 11) is 1.71. The second-order valence-corrected chi connectivity index (χ2v) is 8.25. The highest BCUT2D eigenvalue weighted by Gasteiger charge is 2.17. The van der Waals surface area contributed by atoms with Crippen LogP contribution in [0.1, 0.15) is 31.2 Å². The molecule has 0 saturated carbocycles. The number of benzene rings is 2. The molecule has 0 unspecified atom stereocenters. The first-order chi connectivity index (χ1) is 15.3.